The van der Waals surface area contributed by atoms with Gasteiger partial charge in [-0.15, -0.1) is 0 Å². The van der Waals surface area contributed by atoms with Crippen LogP contribution in [0.2, 0.25) is 0 Å². The predicted molar refractivity (Wildman–Crippen MR) is 118 cm³/mol. The number of aromatic carboxylic acids is 1. The predicted octanol–water partition coefficient (Wildman–Crippen LogP) is 3.52. The minimum Gasteiger partial charge on any atom is -0.477 e. The van der Waals surface area contributed by atoms with Crippen LogP contribution in [-0.2, 0) is 4.74 Å². The van der Waals surface area contributed by atoms with E-state index >= 15 is 4.39 Å². The van der Waals surface area contributed by atoms with Crippen LogP contribution in [-0.4, -0.2) is 46.5 Å². The SMILES string of the molecule is C[C@H]1CN(c2cc3c(cc2F)c(=O)c(C(=O)O)cn3C2CC2)C[C@H]1NC(=O)OC(C)(C)C. The average molecular weight is 445 g/mol. The van der Waals surface area contributed by atoms with E-state index in [9.17, 15) is 19.5 Å². The minimum absolute atomic E-state index is 0.0534. The van der Waals surface area contributed by atoms with Crippen LogP contribution in [0.1, 0.15) is 56.9 Å². The first-order valence-electron chi connectivity index (χ1n) is 10.8. The van der Waals surface area contributed by atoms with Crippen LogP contribution in [0.5, 0.6) is 0 Å². The van der Waals surface area contributed by atoms with Gasteiger partial charge in [0, 0.05) is 30.7 Å². The summed E-state index contributed by atoms with van der Waals surface area (Å²) in [6.45, 7) is 8.25. The maximum absolute atomic E-state index is 15.1. The van der Waals surface area contributed by atoms with Crippen molar-refractivity contribution in [3.05, 3.63) is 39.9 Å². The Morgan fingerprint density at radius 3 is 2.50 bits per heavy atom. The number of carboxylic acids is 1. The highest BCUT2D eigenvalue weighted by Gasteiger charge is 2.34. The molecule has 0 bridgehead atoms. The summed E-state index contributed by atoms with van der Waals surface area (Å²) in [5, 5.41) is 12.3. The number of carbonyl (C=O) groups excluding carboxylic acids is 1. The second kappa shape index (κ2) is 7.79. The van der Waals surface area contributed by atoms with E-state index in [0.717, 1.165) is 18.9 Å². The van der Waals surface area contributed by atoms with Gasteiger partial charge in [-0.2, -0.15) is 0 Å². The molecule has 1 aromatic carbocycles. The Balaban J connectivity index is 1.67. The zero-order valence-electron chi connectivity index (χ0n) is 18.6. The van der Waals surface area contributed by atoms with Crippen molar-refractivity contribution in [1.29, 1.82) is 0 Å². The van der Waals surface area contributed by atoms with Gasteiger partial charge in [0.1, 0.15) is 17.0 Å². The second-order valence-corrected chi connectivity index (χ2v) is 9.77. The van der Waals surface area contributed by atoms with Crippen LogP contribution in [0.3, 0.4) is 0 Å². The first-order chi connectivity index (χ1) is 14.9. The number of nitrogens with one attached hydrogen (secondary N) is 1. The number of nitrogens with zero attached hydrogens (tertiary/aromatic N) is 2. The Bertz CT molecular complexity index is 1150. The molecule has 2 aromatic rings. The molecular formula is C23H28FN3O5. The summed E-state index contributed by atoms with van der Waals surface area (Å²) in [6, 6.07) is 2.64. The molecule has 32 heavy (non-hydrogen) atoms. The molecular weight excluding hydrogens is 417 g/mol. The molecule has 1 saturated carbocycles. The molecule has 8 nitrogen and oxygen atoms in total. The lowest BCUT2D eigenvalue weighted by atomic mass is 10.1. The lowest BCUT2D eigenvalue weighted by Crippen LogP contribution is -2.42. The van der Waals surface area contributed by atoms with Crippen LogP contribution in [0.4, 0.5) is 14.9 Å². The van der Waals surface area contributed by atoms with E-state index in [-0.39, 0.29) is 29.0 Å². The number of alkyl carbamates (subject to hydrolysis) is 1. The summed E-state index contributed by atoms with van der Waals surface area (Å²) in [5.74, 6) is -1.86. The molecule has 2 N–H and O–H groups in total. The molecule has 2 heterocycles. The maximum atomic E-state index is 15.1. The molecule has 0 unspecified atom stereocenters. The number of pyridine rings is 1. The number of fused-ring (bicyclic) bond motifs is 1. The van der Waals surface area contributed by atoms with Gasteiger partial charge in [-0.3, -0.25) is 4.79 Å². The van der Waals surface area contributed by atoms with E-state index in [0.29, 0.717) is 24.3 Å². The Morgan fingerprint density at radius 1 is 1.22 bits per heavy atom. The second-order valence-electron chi connectivity index (χ2n) is 9.77. The highest BCUT2D eigenvalue weighted by molar-refractivity contribution is 5.93. The molecule has 1 aromatic heterocycles. The van der Waals surface area contributed by atoms with Crippen LogP contribution in [0.15, 0.2) is 23.1 Å². The number of anilines is 1. The molecule has 2 atom stereocenters. The Hall–Kier alpha value is -3.10. The van der Waals surface area contributed by atoms with Gasteiger partial charge in [-0.05, 0) is 51.7 Å². The number of carbonyl (C=O) groups is 2. The van der Waals surface area contributed by atoms with Crippen molar-refractivity contribution in [2.24, 2.45) is 5.92 Å². The van der Waals surface area contributed by atoms with Crippen molar-refractivity contribution < 1.29 is 23.8 Å². The first kappa shape index (κ1) is 22.1. The standard InChI is InChI=1S/C23H28FN3O5/c1-12-9-26(11-17(12)25-22(31)32-23(2,3)4)19-8-18-14(7-16(19)24)20(28)15(21(29)30)10-27(18)13-5-6-13/h7-8,10,12-13,17H,5-6,9,11H2,1-4H3,(H,25,31)(H,29,30)/t12-,17+/m0/s1. The fourth-order valence-corrected chi connectivity index (χ4v) is 4.22. The third-order valence-electron chi connectivity index (χ3n) is 5.93. The highest BCUT2D eigenvalue weighted by Crippen LogP contribution is 2.38. The number of benzene rings is 1. The molecule has 2 aliphatic rings. The van der Waals surface area contributed by atoms with E-state index < -0.39 is 28.9 Å². The number of ether oxygens (including phenoxy) is 1. The molecule has 1 saturated heterocycles. The Kier molecular flexibility index (Phi) is 5.38. The topological polar surface area (TPSA) is 101 Å². The summed E-state index contributed by atoms with van der Waals surface area (Å²) in [7, 11) is 0. The third kappa shape index (κ3) is 4.28. The van der Waals surface area contributed by atoms with Gasteiger partial charge in [0.25, 0.3) is 0 Å². The fourth-order valence-electron chi connectivity index (χ4n) is 4.22. The normalized spacial score (nSPS) is 21.1. The zero-order valence-corrected chi connectivity index (χ0v) is 18.6. The summed E-state index contributed by atoms with van der Waals surface area (Å²) >= 11 is 0. The van der Waals surface area contributed by atoms with E-state index in [2.05, 4.69) is 5.32 Å². The molecule has 9 heteroatoms. The average Bonchev–Trinajstić information content (AvgIpc) is 3.44. The Labute approximate surface area is 185 Å². The number of hydrogen-bond donors (Lipinski definition) is 2. The van der Waals surface area contributed by atoms with Crippen molar-refractivity contribution >= 4 is 28.7 Å². The number of aromatic nitrogens is 1. The molecule has 1 aliphatic heterocycles. The van der Waals surface area contributed by atoms with Crippen LogP contribution < -0.4 is 15.6 Å². The largest absolute Gasteiger partial charge is 0.477 e. The highest BCUT2D eigenvalue weighted by atomic mass is 19.1. The van der Waals surface area contributed by atoms with Crippen molar-refractivity contribution in [3.63, 3.8) is 0 Å². The van der Waals surface area contributed by atoms with E-state index in [1.165, 1.54) is 6.20 Å². The van der Waals surface area contributed by atoms with Crippen molar-refractivity contribution in [2.45, 2.75) is 58.2 Å². The molecule has 172 valence electrons. The molecule has 2 fully saturated rings. The lowest BCUT2D eigenvalue weighted by Gasteiger charge is -2.23. The van der Waals surface area contributed by atoms with E-state index in [4.69, 9.17) is 4.74 Å². The number of halogens is 1. The molecule has 0 spiro atoms. The quantitative estimate of drug-likeness (QED) is 0.747. The van der Waals surface area contributed by atoms with Gasteiger partial charge in [0.2, 0.25) is 5.43 Å². The first-order valence-corrected chi connectivity index (χ1v) is 10.8. The monoisotopic (exact) mass is 445 g/mol. The van der Waals surface area contributed by atoms with E-state index in [1.54, 1.807) is 31.4 Å². The van der Waals surface area contributed by atoms with Gasteiger partial charge in [0.05, 0.1) is 17.2 Å². The zero-order chi connectivity index (χ0) is 23.4. The smallest absolute Gasteiger partial charge is 0.407 e. The summed E-state index contributed by atoms with van der Waals surface area (Å²) in [4.78, 5) is 38.2. The maximum Gasteiger partial charge on any atom is 0.407 e. The molecule has 4 rings (SSSR count). The summed E-state index contributed by atoms with van der Waals surface area (Å²) in [6.07, 6.45) is 2.61. The molecule has 1 aliphatic carbocycles. The lowest BCUT2D eigenvalue weighted by molar-refractivity contribution is 0.0499. The van der Waals surface area contributed by atoms with Gasteiger partial charge < -0.3 is 24.6 Å². The van der Waals surface area contributed by atoms with Gasteiger partial charge in [-0.25, -0.2) is 14.0 Å². The molecule has 0 radical (unpaired) electrons. The van der Waals surface area contributed by atoms with E-state index in [1.807, 2.05) is 11.8 Å². The number of hydrogen-bond acceptors (Lipinski definition) is 5. The van der Waals surface area contributed by atoms with Crippen molar-refractivity contribution in [1.82, 2.24) is 9.88 Å². The Morgan fingerprint density at radius 2 is 1.91 bits per heavy atom. The fraction of sp³-hybridized carbons (Fsp3) is 0.522. The van der Waals surface area contributed by atoms with Gasteiger partial charge in [-0.1, -0.05) is 6.92 Å². The summed E-state index contributed by atoms with van der Waals surface area (Å²) < 4.78 is 22.2. The number of carboxylic acid groups (broad SMARTS) is 1. The van der Waals surface area contributed by atoms with Gasteiger partial charge in [0.15, 0.2) is 0 Å². The van der Waals surface area contributed by atoms with Crippen LogP contribution >= 0.6 is 0 Å². The third-order valence-corrected chi connectivity index (χ3v) is 5.93. The van der Waals surface area contributed by atoms with Crippen LogP contribution in [0.25, 0.3) is 10.9 Å². The van der Waals surface area contributed by atoms with Crippen molar-refractivity contribution in [3.8, 4) is 0 Å². The number of amides is 1. The van der Waals surface area contributed by atoms with Crippen LogP contribution in [0, 0.1) is 11.7 Å². The minimum atomic E-state index is -1.32. The molecule has 1 amide bonds. The number of rotatable bonds is 4. The van der Waals surface area contributed by atoms with Crippen molar-refractivity contribution in [2.75, 3.05) is 18.0 Å². The van der Waals surface area contributed by atoms with Gasteiger partial charge >= 0.3 is 12.1 Å². The summed E-state index contributed by atoms with van der Waals surface area (Å²) in [5.41, 5.74) is -0.802.